The van der Waals surface area contributed by atoms with E-state index in [2.05, 4.69) is 20.4 Å². The summed E-state index contributed by atoms with van der Waals surface area (Å²) in [5.41, 5.74) is 4.90. The minimum Gasteiger partial charge on any atom is -0.496 e. The predicted molar refractivity (Wildman–Crippen MR) is 232 cm³/mol. The Morgan fingerprint density at radius 2 is 1.68 bits per heavy atom. The molecule has 2 N–H and O–H groups in total. The molecule has 1 saturated carbocycles. The van der Waals surface area contributed by atoms with Gasteiger partial charge < -0.3 is 48.9 Å². The molecule has 1 aliphatic carbocycles. The van der Waals surface area contributed by atoms with Gasteiger partial charge in [-0.15, -0.1) is 0 Å². The normalized spacial score (nSPS) is 18.3. The van der Waals surface area contributed by atoms with Gasteiger partial charge in [-0.05, 0) is 119 Å². The van der Waals surface area contributed by atoms with Crippen molar-refractivity contribution in [3.05, 3.63) is 74.7 Å². The van der Waals surface area contributed by atoms with Gasteiger partial charge in [-0.25, -0.2) is 4.79 Å². The third kappa shape index (κ3) is 8.93. The molecule has 1 saturated heterocycles. The smallest absolute Gasteiger partial charge is 0.317 e. The summed E-state index contributed by atoms with van der Waals surface area (Å²) in [6, 6.07) is 7.56. The molecular weight excluding hydrogens is 795 g/mol. The highest BCUT2D eigenvalue weighted by Gasteiger charge is 2.54. The zero-order valence-corrected chi connectivity index (χ0v) is 36.7. The molecule has 62 heavy (non-hydrogen) atoms. The van der Waals surface area contributed by atoms with Gasteiger partial charge in [-0.2, -0.15) is 0 Å². The molecule has 4 heterocycles. The third-order valence-electron chi connectivity index (χ3n) is 13.2. The summed E-state index contributed by atoms with van der Waals surface area (Å²) in [6.45, 7) is 5.25. The van der Waals surface area contributed by atoms with Gasteiger partial charge in [-0.3, -0.25) is 24.1 Å². The molecule has 1 spiro atoms. The lowest BCUT2D eigenvalue weighted by atomic mass is 9.90. The standard InChI is InChI=1S/C46H59N7O9/c1-47-41(55)38(9-7-19-54)53-43(57)33-11-10-31(23-34(33)44(53)58)62-20-8-15-51-17-13-46(14-18-51)24-30(46)25-48-45(59)52-16-12-32-35(27-50(4)42(56)36(32)28-52)29-21-39(60-5)37(26-49(2)3)40(22-29)61-6/h10-11,19,21-23,27,30,38H,7-9,12-18,20,24-26,28H2,1-6H3,(H,47,55)(H,48,59). The summed E-state index contributed by atoms with van der Waals surface area (Å²) in [6.07, 6.45) is 7.19. The fourth-order valence-electron chi connectivity index (χ4n) is 9.57. The molecule has 4 aliphatic rings. The number of carbonyl (C=O) groups is 5. The number of urea groups is 1. The maximum absolute atomic E-state index is 13.5. The van der Waals surface area contributed by atoms with E-state index in [4.69, 9.17) is 14.2 Å². The summed E-state index contributed by atoms with van der Waals surface area (Å²) in [5.74, 6) is 0.697. The summed E-state index contributed by atoms with van der Waals surface area (Å²) >= 11 is 0. The Hall–Kier alpha value is -5.74. The first-order valence-electron chi connectivity index (χ1n) is 21.5. The number of amides is 5. The number of imide groups is 1. The van der Waals surface area contributed by atoms with E-state index in [0.29, 0.717) is 67.7 Å². The fourth-order valence-corrected chi connectivity index (χ4v) is 9.57. The number of benzene rings is 2. The van der Waals surface area contributed by atoms with E-state index in [0.717, 1.165) is 72.5 Å². The van der Waals surface area contributed by atoms with Gasteiger partial charge >= 0.3 is 6.03 Å². The molecule has 16 heteroatoms. The number of piperidine rings is 1. The van der Waals surface area contributed by atoms with Gasteiger partial charge in [0.25, 0.3) is 17.4 Å². The summed E-state index contributed by atoms with van der Waals surface area (Å²) in [5, 5.41) is 5.68. The van der Waals surface area contributed by atoms with Crippen LogP contribution < -0.4 is 30.4 Å². The van der Waals surface area contributed by atoms with E-state index in [1.807, 2.05) is 32.4 Å². The number of ether oxygens (including phenoxy) is 3. The summed E-state index contributed by atoms with van der Waals surface area (Å²) in [7, 11) is 10.5. The predicted octanol–water partition coefficient (Wildman–Crippen LogP) is 3.46. The molecule has 332 valence electrons. The van der Waals surface area contributed by atoms with Gasteiger partial charge in [0, 0.05) is 64.0 Å². The minimum absolute atomic E-state index is 0.0431. The number of aryl methyl sites for hydroxylation is 1. The Bertz CT molecular complexity index is 2260. The van der Waals surface area contributed by atoms with Gasteiger partial charge in [0.15, 0.2) is 0 Å². The molecule has 0 bridgehead atoms. The first-order chi connectivity index (χ1) is 29.8. The maximum Gasteiger partial charge on any atom is 0.317 e. The van der Waals surface area contributed by atoms with Crippen LogP contribution in [0.3, 0.4) is 0 Å². The van der Waals surface area contributed by atoms with Crippen LogP contribution >= 0.6 is 0 Å². The second-order valence-corrected chi connectivity index (χ2v) is 17.2. The number of methoxy groups -OCH3 is 2. The molecule has 1 aromatic heterocycles. The molecule has 5 amide bonds. The number of likely N-dealkylation sites (N-methyl/N-ethyl adjacent to an activating group) is 1. The zero-order chi connectivity index (χ0) is 44.3. The van der Waals surface area contributed by atoms with Crippen LogP contribution in [0.5, 0.6) is 17.2 Å². The van der Waals surface area contributed by atoms with E-state index < -0.39 is 23.8 Å². The van der Waals surface area contributed by atoms with E-state index >= 15 is 0 Å². The lowest BCUT2D eigenvalue weighted by Gasteiger charge is -2.33. The first-order valence-corrected chi connectivity index (χ1v) is 21.5. The number of pyridine rings is 1. The zero-order valence-electron chi connectivity index (χ0n) is 36.7. The number of hydrogen-bond acceptors (Lipinski definition) is 11. The SMILES string of the molecule is CNC(=O)C(CCC=O)N1C(=O)c2ccc(OCCCN3CCC4(CC3)CC4CNC(=O)N3CCc4c(-c5cc(OC)c(CN(C)C)c(OC)c5)cn(C)c(=O)c4C3)cc2C1=O. The van der Waals surface area contributed by atoms with E-state index in [-0.39, 0.29) is 47.5 Å². The Balaban J connectivity index is 0.869. The lowest BCUT2D eigenvalue weighted by molar-refractivity contribution is -0.124. The third-order valence-corrected chi connectivity index (χ3v) is 13.2. The van der Waals surface area contributed by atoms with Crippen LogP contribution in [0.1, 0.15) is 75.9 Å². The minimum atomic E-state index is -1.07. The second kappa shape index (κ2) is 18.7. The van der Waals surface area contributed by atoms with Crippen molar-refractivity contribution >= 4 is 30.0 Å². The van der Waals surface area contributed by atoms with Crippen LogP contribution in [0.25, 0.3) is 11.1 Å². The highest BCUT2D eigenvalue weighted by atomic mass is 16.5. The van der Waals surface area contributed by atoms with Crippen molar-refractivity contribution in [1.29, 1.82) is 0 Å². The number of aldehydes is 1. The van der Waals surface area contributed by atoms with Gasteiger partial charge in [-0.1, -0.05) is 0 Å². The first kappa shape index (κ1) is 44.3. The number of fused-ring (bicyclic) bond motifs is 2. The van der Waals surface area contributed by atoms with Crippen LogP contribution in [0.4, 0.5) is 4.79 Å². The maximum atomic E-state index is 13.5. The van der Waals surface area contributed by atoms with E-state index in [9.17, 15) is 28.8 Å². The van der Waals surface area contributed by atoms with Gasteiger partial charge in [0.05, 0.1) is 44.1 Å². The number of likely N-dealkylation sites (tertiary alicyclic amines) is 1. The topological polar surface area (TPSA) is 172 Å². The van der Waals surface area contributed by atoms with Crippen LogP contribution in [-0.2, 0) is 36.1 Å². The van der Waals surface area contributed by atoms with Crippen molar-refractivity contribution in [2.45, 2.75) is 64.1 Å². The molecular formula is C46H59N7O9. The van der Waals surface area contributed by atoms with Crippen LogP contribution in [0.2, 0.25) is 0 Å². The van der Waals surface area contributed by atoms with Crippen molar-refractivity contribution in [3.63, 3.8) is 0 Å². The molecule has 0 radical (unpaired) electrons. The van der Waals surface area contributed by atoms with Crippen molar-refractivity contribution < 1.29 is 38.2 Å². The summed E-state index contributed by atoms with van der Waals surface area (Å²) < 4.78 is 19.2. The number of aromatic nitrogens is 1. The molecule has 7 rings (SSSR count). The Morgan fingerprint density at radius 1 is 0.968 bits per heavy atom. The van der Waals surface area contributed by atoms with E-state index in [1.54, 1.807) is 48.9 Å². The average molecular weight is 854 g/mol. The molecule has 16 nitrogen and oxygen atoms in total. The second-order valence-electron chi connectivity index (χ2n) is 17.2. The monoisotopic (exact) mass is 853 g/mol. The van der Waals surface area contributed by atoms with Crippen molar-refractivity contribution in [2.24, 2.45) is 18.4 Å². The van der Waals surface area contributed by atoms with Gasteiger partial charge in [0.2, 0.25) is 5.91 Å². The average Bonchev–Trinajstić information content (AvgIpc) is 3.90. The van der Waals surface area contributed by atoms with Crippen LogP contribution in [-0.4, -0.2) is 135 Å². The molecule has 3 aromatic rings. The van der Waals surface area contributed by atoms with Crippen LogP contribution in [0, 0.1) is 11.3 Å². The Labute approximate surface area is 362 Å². The Morgan fingerprint density at radius 3 is 2.34 bits per heavy atom. The van der Waals surface area contributed by atoms with Crippen molar-refractivity contribution in [2.75, 3.05) is 74.7 Å². The number of rotatable bonds is 17. The molecule has 3 aliphatic heterocycles. The highest BCUT2D eigenvalue weighted by Crippen LogP contribution is 2.59. The largest absolute Gasteiger partial charge is 0.496 e. The van der Waals surface area contributed by atoms with Crippen molar-refractivity contribution in [3.8, 4) is 28.4 Å². The summed E-state index contributed by atoms with van der Waals surface area (Å²) in [4.78, 5) is 84.0. The van der Waals surface area contributed by atoms with Crippen molar-refractivity contribution in [1.82, 2.24) is 34.8 Å². The number of nitrogens with one attached hydrogen (secondary N) is 2. The van der Waals surface area contributed by atoms with Crippen LogP contribution in [0.15, 0.2) is 41.3 Å². The van der Waals surface area contributed by atoms with E-state index in [1.165, 1.54) is 7.05 Å². The number of carbonyl (C=O) groups excluding carboxylic acids is 5. The molecule has 2 aromatic carbocycles. The molecule has 2 fully saturated rings. The fraction of sp³-hybridized carbons (Fsp3) is 0.522. The number of hydrogen-bond donors (Lipinski definition) is 2. The van der Waals surface area contributed by atoms with Gasteiger partial charge in [0.1, 0.15) is 29.6 Å². The molecule has 2 unspecified atom stereocenters. The lowest BCUT2D eigenvalue weighted by Crippen LogP contribution is -2.48. The Kier molecular flexibility index (Phi) is 13.4. The number of nitrogens with zero attached hydrogens (tertiary/aromatic N) is 5. The molecule has 2 atom stereocenters. The quantitative estimate of drug-likeness (QED) is 0.116. The highest BCUT2D eigenvalue weighted by molar-refractivity contribution is 6.23.